The second kappa shape index (κ2) is 9.59. The monoisotopic (exact) mass is 395 g/mol. The van der Waals surface area contributed by atoms with Gasteiger partial charge in [0.25, 0.3) is 5.91 Å². The summed E-state index contributed by atoms with van der Waals surface area (Å²) in [5.41, 5.74) is 6.85. The van der Waals surface area contributed by atoms with Crippen molar-refractivity contribution in [2.75, 3.05) is 13.6 Å². The van der Waals surface area contributed by atoms with Gasteiger partial charge in [0, 0.05) is 25.7 Å². The summed E-state index contributed by atoms with van der Waals surface area (Å²) in [7, 11) is 1.60. The van der Waals surface area contributed by atoms with Gasteiger partial charge in [-0.1, -0.05) is 45.0 Å². The number of hydrogen-bond acceptors (Lipinski definition) is 2. The van der Waals surface area contributed by atoms with E-state index in [-0.39, 0.29) is 17.4 Å². The summed E-state index contributed by atoms with van der Waals surface area (Å²) in [5.74, 6) is -0.122. The molecule has 0 aliphatic carbocycles. The van der Waals surface area contributed by atoms with Gasteiger partial charge in [0.1, 0.15) is 0 Å². The van der Waals surface area contributed by atoms with E-state index < -0.39 is 0 Å². The molecule has 156 valence electrons. The Bertz CT molecular complexity index is 842. The number of carbonyl (C=O) groups excluding carboxylic acids is 2. The molecule has 2 aromatic rings. The topological polar surface area (TPSA) is 70.2 Å². The summed E-state index contributed by atoms with van der Waals surface area (Å²) in [6.07, 6.45) is 0.802. The van der Waals surface area contributed by atoms with E-state index in [4.69, 9.17) is 0 Å². The van der Waals surface area contributed by atoms with Crippen LogP contribution in [0.4, 0.5) is 4.79 Å². The Hall–Kier alpha value is -2.82. The number of amides is 3. The van der Waals surface area contributed by atoms with Crippen LogP contribution in [0.5, 0.6) is 0 Å². The first kappa shape index (κ1) is 22.5. The van der Waals surface area contributed by atoms with Crippen molar-refractivity contribution >= 4 is 11.9 Å². The SMILES string of the molecule is CNC(=O)c1ccc(CNC(=O)NCCc2c(C)cc(C(C)(C)C)cc2C)cc1. The van der Waals surface area contributed by atoms with Gasteiger partial charge in [-0.2, -0.15) is 0 Å². The van der Waals surface area contributed by atoms with Crippen LogP contribution in [0.2, 0.25) is 0 Å². The van der Waals surface area contributed by atoms with E-state index in [1.54, 1.807) is 19.2 Å². The highest BCUT2D eigenvalue weighted by atomic mass is 16.2. The lowest BCUT2D eigenvalue weighted by Gasteiger charge is -2.22. The van der Waals surface area contributed by atoms with Crippen molar-refractivity contribution in [2.24, 2.45) is 0 Å². The number of rotatable bonds is 6. The van der Waals surface area contributed by atoms with Gasteiger partial charge in [0.05, 0.1) is 0 Å². The fraction of sp³-hybridized carbons (Fsp3) is 0.417. The molecule has 5 nitrogen and oxygen atoms in total. The van der Waals surface area contributed by atoms with Gasteiger partial charge < -0.3 is 16.0 Å². The summed E-state index contributed by atoms with van der Waals surface area (Å²) in [6, 6.07) is 11.5. The number of aryl methyl sites for hydroxylation is 2. The van der Waals surface area contributed by atoms with Gasteiger partial charge in [-0.3, -0.25) is 4.79 Å². The molecule has 3 N–H and O–H groups in total. The molecule has 0 unspecified atom stereocenters. The second-order valence-corrected chi connectivity index (χ2v) is 8.47. The minimum atomic E-state index is -0.193. The third-order valence-electron chi connectivity index (χ3n) is 5.12. The molecule has 0 spiro atoms. The first-order valence-corrected chi connectivity index (χ1v) is 10.0. The summed E-state index contributed by atoms with van der Waals surface area (Å²) < 4.78 is 0. The average Bonchev–Trinajstić information content (AvgIpc) is 2.67. The summed E-state index contributed by atoms with van der Waals surface area (Å²) in [6.45, 7) is 11.9. The quantitative estimate of drug-likeness (QED) is 0.692. The molecule has 0 atom stereocenters. The maximum absolute atomic E-state index is 12.1. The number of benzene rings is 2. The molecule has 0 saturated carbocycles. The van der Waals surface area contributed by atoms with Gasteiger partial charge >= 0.3 is 6.03 Å². The Kier molecular flexibility index (Phi) is 7.43. The number of urea groups is 1. The van der Waals surface area contributed by atoms with Crippen molar-refractivity contribution in [2.45, 2.75) is 53.0 Å². The first-order valence-electron chi connectivity index (χ1n) is 10.0. The van der Waals surface area contributed by atoms with Gasteiger partial charge in [-0.05, 0) is 65.6 Å². The molecule has 0 aliphatic rings. The first-order chi connectivity index (χ1) is 13.6. The maximum atomic E-state index is 12.1. The molecule has 2 aromatic carbocycles. The van der Waals surface area contributed by atoms with Crippen LogP contribution in [-0.2, 0) is 18.4 Å². The van der Waals surface area contributed by atoms with Crippen LogP contribution in [0.15, 0.2) is 36.4 Å². The molecular weight excluding hydrogens is 362 g/mol. The molecule has 0 fully saturated rings. The minimum absolute atomic E-state index is 0.122. The predicted molar refractivity (Wildman–Crippen MR) is 118 cm³/mol. The molecule has 0 radical (unpaired) electrons. The van der Waals surface area contributed by atoms with E-state index in [9.17, 15) is 9.59 Å². The average molecular weight is 396 g/mol. The normalized spacial score (nSPS) is 11.1. The van der Waals surface area contributed by atoms with E-state index in [0.29, 0.717) is 18.7 Å². The number of carbonyl (C=O) groups is 2. The smallest absolute Gasteiger partial charge is 0.315 e. The lowest BCUT2D eigenvalue weighted by atomic mass is 9.83. The van der Waals surface area contributed by atoms with Crippen molar-refractivity contribution in [3.8, 4) is 0 Å². The highest BCUT2D eigenvalue weighted by Crippen LogP contribution is 2.27. The van der Waals surface area contributed by atoms with Crippen LogP contribution in [0.25, 0.3) is 0 Å². The molecule has 0 bridgehead atoms. The van der Waals surface area contributed by atoms with E-state index in [1.165, 1.54) is 22.3 Å². The lowest BCUT2D eigenvalue weighted by molar-refractivity contribution is 0.0963. The molecule has 29 heavy (non-hydrogen) atoms. The molecule has 0 heterocycles. The number of nitrogens with one attached hydrogen (secondary N) is 3. The standard InChI is InChI=1S/C24H33N3O2/c1-16-13-20(24(3,4)5)14-17(2)21(16)11-12-26-23(29)27-15-18-7-9-19(10-8-18)22(28)25-6/h7-10,13-14H,11-12,15H2,1-6H3,(H,25,28)(H2,26,27,29). The molecule has 0 aromatic heterocycles. The minimum Gasteiger partial charge on any atom is -0.355 e. The third kappa shape index (κ3) is 6.34. The van der Waals surface area contributed by atoms with Crippen molar-refractivity contribution < 1.29 is 9.59 Å². The lowest BCUT2D eigenvalue weighted by Crippen LogP contribution is -2.36. The second-order valence-electron chi connectivity index (χ2n) is 8.47. The summed E-state index contributed by atoms with van der Waals surface area (Å²) in [5, 5.41) is 8.37. The van der Waals surface area contributed by atoms with Gasteiger partial charge in [0.2, 0.25) is 0 Å². The fourth-order valence-electron chi connectivity index (χ4n) is 3.28. The molecular formula is C24H33N3O2. The molecule has 0 aliphatic heterocycles. The van der Waals surface area contributed by atoms with Crippen LogP contribution >= 0.6 is 0 Å². The van der Waals surface area contributed by atoms with E-state index >= 15 is 0 Å². The molecule has 2 rings (SSSR count). The van der Waals surface area contributed by atoms with Gasteiger partial charge in [-0.15, -0.1) is 0 Å². The maximum Gasteiger partial charge on any atom is 0.315 e. The van der Waals surface area contributed by atoms with Crippen LogP contribution in [0.1, 0.15) is 58.9 Å². The van der Waals surface area contributed by atoms with Crippen LogP contribution in [0.3, 0.4) is 0 Å². The highest BCUT2D eigenvalue weighted by Gasteiger charge is 2.16. The third-order valence-corrected chi connectivity index (χ3v) is 5.12. The summed E-state index contributed by atoms with van der Waals surface area (Å²) in [4.78, 5) is 23.6. The Labute approximate surface area is 174 Å². The number of hydrogen-bond donors (Lipinski definition) is 3. The van der Waals surface area contributed by atoms with E-state index in [2.05, 4.69) is 62.7 Å². The zero-order valence-electron chi connectivity index (χ0n) is 18.4. The van der Waals surface area contributed by atoms with Crippen LogP contribution < -0.4 is 16.0 Å². The van der Waals surface area contributed by atoms with Gasteiger partial charge in [0.15, 0.2) is 0 Å². The fourth-order valence-corrected chi connectivity index (χ4v) is 3.28. The van der Waals surface area contributed by atoms with E-state index in [0.717, 1.165) is 12.0 Å². The van der Waals surface area contributed by atoms with Crippen LogP contribution in [0, 0.1) is 13.8 Å². The summed E-state index contributed by atoms with van der Waals surface area (Å²) >= 11 is 0. The molecule has 0 saturated heterocycles. The Balaban J connectivity index is 1.83. The Morgan fingerprint density at radius 2 is 1.52 bits per heavy atom. The van der Waals surface area contributed by atoms with Crippen molar-refractivity contribution in [3.63, 3.8) is 0 Å². The molecule has 3 amide bonds. The Morgan fingerprint density at radius 3 is 2.03 bits per heavy atom. The van der Waals surface area contributed by atoms with Crippen molar-refractivity contribution in [1.29, 1.82) is 0 Å². The zero-order chi connectivity index (χ0) is 21.6. The largest absolute Gasteiger partial charge is 0.355 e. The predicted octanol–water partition coefficient (Wildman–Crippen LogP) is 4.00. The Morgan fingerprint density at radius 1 is 0.931 bits per heavy atom. The zero-order valence-corrected chi connectivity index (χ0v) is 18.4. The highest BCUT2D eigenvalue weighted by molar-refractivity contribution is 5.93. The van der Waals surface area contributed by atoms with E-state index in [1.807, 2.05) is 12.1 Å². The molecule has 5 heteroatoms. The van der Waals surface area contributed by atoms with Crippen molar-refractivity contribution in [3.05, 3.63) is 69.8 Å². The van der Waals surface area contributed by atoms with Crippen molar-refractivity contribution in [1.82, 2.24) is 16.0 Å². The van der Waals surface area contributed by atoms with Crippen LogP contribution in [-0.4, -0.2) is 25.5 Å². The van der Waals surface area contributed by atoms with Gasteiger partial charge in [-0.25, -0.2) is 4.79 Å².